The molecule has 0 fully saturated rings. The number of benzene rings is 1. The van der Waals surface area contributed by atoms with Crippen molar-refractivity contribution in [2.45, 2.75) is 57.9 Å². The lowest BCUT2D eigenvalue weighted by Gasteiger charge is -2.16. The van der Waals surface area contributed by atoms with E-state index in [1.165, 1.54) is 32.6 Å². The van der Waals surface area contributed by atoms with Crippen LogP contribution in [0.5, 0.6) is 0 Å². The van der Waals surface area contributed by atoms with Gasteiger partial charge in [-0.05, 0) is 18.6 Å². The molecule has 2 rings (SSSR count). The number of nitrogens with one attached hydrogen (secondary N) is 1. The number of aromatic nitrogens is 1. The number of hydrogen-bond acceptors (Lipinski definition) is 4. The largest absolute Gasteiger partial charge is 0.467 e. The van der Waals surface area contributed by atoms with Crippen LogP contribution in [-0.4, -0.2) is 30.0 Å². The summed E-state index contributed by atoms with van der Waals surface area (Å²) in [4.78, 5) is 28.8. The van der Waals surface area contributed by atoms with E-state index in [2.05, 4.69) is 17.2 Å². The number of carbonyl (C=O) groups is 2. The number of para-hydroxylation sites is 1. The van der Waals surface area contributed by atoms with Gasteiger partial charge in [-0.2, -0.15) is 0 Å². The number of rotatable bonds is 10. The van der Waals surface area contributed by atoms with Crippen LogP contribution >= 0.6 is 0 Å². The van der Waals surface area contributed by atoms with E-state index in [0.717, 1.165) is 30.2 Å². The molecule has 0 aliphatic heterocycles. The van der Waals surface area contributed by atoms with Gasteiger partial charge in [0.2, 0.25) is 0 Å². The lowest BCUT2D eigenvalue weighted by Crippen LogP contribution is -2.41. The van der Waals surface area contributed by atoms with Crippen molar-refractivity contribution < 1.29 is 14.3 Å². The van der Waals surface area contributed by atoms with Crippen molar-refractivity contribution in [1.82, 2.24) is 10.3 Å². The molecular formula is C21H28N2O3. The van der Waals surface area contributed by atoms with Gasteiger partial charge in [0, 0.05) is 11.6 Å². The molecule has 0 aliphatic carbocycles. The molecule has 1 amide bonds. The smallest absolute Gasteiger partial charge is 0.328 e. The molecule has 2 aromatic rings. The van der Waals surface area contributed by atoms with E-state index in [0.29, 0.717) is 12.0 Å². The molecule has 0 bridgehead atoms. The quantitative estimate of drug-likeness (QED) is 0.510. The zero-order valence-electron chi connectivity index (χ0n) is 15.7. The van der Waals surface area contributed by atoms with Crippen LogP contribution < -0.4 is 5.32 Å². The van der Waals surface area contributed by atoms with E-state index in [4.69, 9.17) is 4.74 Å². The van der Waals surface area contributed by atoms with Crippen molar-refractivity contribution in [1.29, 1.82) is 0 Å². The summed E-state index contributed by atoms with van der Waals surface area (Å²) in [6.45, 7) is 2.18. The second-order valence-corrected chi connectivity index (χ2v) is 6.52. The Labute approximate surface area is 155 Å². The first-order chi connectivity index (χ1) is 12.7. The molecule has 140 valence electrons. The molecule has 26 heavy (non-hydrogen) atoms. The number of esters is 1. The highest BCUT2D eigenvalue weighted by molar-refractivity contribution is 5.99. The Morgan fingerprint density at radius 1 is 1.12 bits per heavy atom. The van der Waals surface area contributed by atoms with Crippen molar-refractivity contribution in [2.75, 3.05) is 7.11 Å². The number of pyridine rings is 1. The van der Waals surface area contributed by atoms with Gasteiger partial charge in [-0.3, -0.25) is 9.78 Å². The molecule has 1 atom stereocenters. The SMILES string of the molecule is CCCCCCCC[C@@H](NC(=O)c1cnc2ccccc2c1)C(=O)OC. The predicted molar refractivity (Wildman–Crippen MR) is 103 cm³/mol. The fraction of sp³-hybridized carbons (Fsp3) is 0.476. The van der Waals surface area contributed by atoms with Crippen molar-refractivity contribution >= 4 is 22.8 Å². The Morgan fingerprint density at radius 2 is 1.85 bits per heavy atom. The molecule has 1 aromatic carbocycles. The molecule has 1 heterocycles. The zero-order chi connectivity index (χ0) is 18.8. The number of carbonyl (C=O) groups excluding carboxylic acids is 2. The van der Waals surface area contributed by atoms with Crippen LogP contribution in [0.1, 0.15) is 62.2 Å². The predicted octanol–water partition coefficient (Wildman–Crippen LogP) is 4.26. The van der Waals surface area contributed by atoms with E-state index >= 15 is 0 Å². The number of hydrogen-bond donors (Lipinski definition) is 1. The maximum Gasteiger partial charge on any atom is 0.328 e. The van der Waals surface area contributed by atoms with E-state index in [1.807, 2.05) is 24.3 Å². The maximum atomic E-state index is 12.5. The molecule has 5 nitrogen and oxygen atoms in total. The third kappa shape index (κ3) is 5.83. The molecule has 0 aliphatic rings. The highest BCUT2D eigenvalue weighted by atomic mass is 16.5. The Morgan fingerprint density at radius 3 is 2.62 bits per heavy atom. The Bertz CT molecular complexity index is 730. The summed E-state index contributed by atoms with van der Waals surface area (Å²) in [5, 5.41) is 3.69. The first-order valence-corrected chi connectivity index (χ1v) is 9.39. The Hall–Kier alpha value is -2.43. The van der Waals surface area contributed by atoms with Gasteiger partial charge in [-0.1, -0.05) is 63.6 Å². The fourth-order valence-corrected chi connectivity index (χ4v) is 2.96. The van der Waals surface area contributed by atoms with Crippen LogP contribution in [0.3, 0.4) is 0 Å². The first-order valence-electron chi connectivity index (χ1n) is 9.39. The standard InChI is InChI=1S/C21H28N2O3/c1-3-4-5-6-7-8-13-19(21(25)26-2)23-20(24)17-14-16-11-9-10-12-18(16)22-15-17/h9-12,14-15,19H,3-8,13H2,1-2H3,(H,23,24)/t19-/m1/s1. The van der Waals surface area contributed by atoms with Crippen LogP contribution in [0.2, 0.25) is 0 Å². The van der Waals surface area contributed by atoms with Gasteiger partial charge in [-0.15, -0.1) is 0 Å². The number of ether oxygens (including phenoxy) is 1. The van der Waals surface area contributed by atoms with Crippen molar-refractivity contribution in [3.8, 4) is 0 Å². The van der Waals surface area contributed by atoms with Gasteiger partial charge < -0.3 is 10.1 Å². The first kappa shape index (κ1) is 19.9. The second-order valence-electron chi connectivity index (χ2n) is 6.52. The topological polar surface area (TPSA) is 68.3 Å². The number of methoxy groups -OCH3 is 1. The van der Waals surface area contributed by atoms with E-state index in [1.54, 1.807) is 6.07 Å². The molecule has 1 aromatic heterocycles. The minimum absolute atomic E-state index is 0.301. The van der Waals surface area contributed by atoms with Gasteiger partial charge in [-0.25, -0.2) is 4.79 Å². The zero-order valence-corrected chi connectivity index (χ0v) is 15.7. The summed E-state index contributed by atoms with van der Waals surface area (Å²) >= 11 is 0. The van der Waals surface area contributed by atoms with Gasteiger partial charge in [0.05, 0.1) is 18.2 Å². The van der Waals surface area contributed by atoms with E-state index in [-0.39, 0.29) is 5.91 Å². The monoisotopic (exact) mass is 356 g/mol. The lowest BCUT2D eigenvalue weighted by atomic mass is 10.1. The maximum absolute atomic E-state index is 12.5. The van der Waals surface area contributed by atoms with E-state index < -0.39 is 12.0 Å². The summed E-state index contributed by atoms with van der Waals surface area (Å²) in [6.07, 6.45) is 8.90. The summed E-state index contributed by atoms with van der Waals surface area (Å²) in [6, 6.07) is 8.78. The van der Waals surface area contributed by atoms with Crippen molar-refractivity contribution in [3.63, 3.8) is 0 Å². The summed E-state index contributed by atoms with van der Waals surface area (Å²) in [7, 11) is 1.35. The number of unbranched alkanes of at least 4 members (excludes halogenated alkanes) is 5. The average molecular weight is 356 g/mol. The van der Waals surface area contributed by atoms with Gasteiger partial charge in [0.15, 0.2) is 0 Å². The Kier molecular flexibility index (Phi) is 8.06. The molecule has 5 heteroatoms. The minimum atomic E-state index is -0.620. The van der Waals surface area contributed by atoms with Crippen LogP contribution in [0.15, 0.2) is 36.5 Å². The lowest BCUT2D eigenvalue weighted by molar-refractivity contribution is -0.143. The fourth-order valence-electron chi connectivity index (χ4n) is 2.96. The van der Waals surface area contributed by atoms with Gasteiger partial charge >= 0.3 is 5.97 Å². The molecule has 0 unspecified atom stereocenters. The van der Waals surface area contributed by atoms with Crippen molar-refractivity contribution in [2.24, 2.45) is 0 Å². The van der Waals surface area contributed by atoms with Crippen molar-refractivity contribution in [3.05, 3.63) is 42.1 Å². The molecular weight excluding hydrogens is 328 g/mol. The molecule has 0 spiro atoms. The van der Waals surface area contributed by atoms with Crippen LogP contribution in [-0.2, 0) is 9.53 Å². The minimum Gasteiger partial charge on any atom is -0.467 e. The Balaban J connectivity index is 1.95. The second kappa shape index (κ2) is 10.5. The van der Waals surface area contributed by atoms with E-state index in [9.17, 15) is 9.59 Å². The van der Waals surface area contributed by atoms with Crippen LogP contribution in [0.4, 0.5) is 0 Å². The van der Waals surface area contributed by atoms with Gasteiger partial charge in [0.1, 0.15) is 6.04 Å². The van der Waals surface area contributed by atoms with Crippen LogP contribution in [0, 0.1) is 0 Å². The normalized spacial score (nSPS) is 11.9. The molecule has 0 saturated carbocycles. The number of amides is 1. The number of nitrogens with zero attached hydrogens (tertiary/aromatic N) is 1. The highest BCUT2D eigenvalue weighted by Gasteiger charge is 2.22. The molecule has 1 N–H and O–H groups in total. The highest BCUT2D eigenvalue weighted by Crippen LogP contribution is 2.14. The van der Waals surface area contributed by atoms with Crippen LogP contribution in [0.25, 0.3) is 10.9 Å². The summed E-state index contributed by atoms with van der Waals surface area (Å²) in [5.41, 5.74) is 1.28. The molecule has 0 radical (unpaired) electrons. The average Bonchev–Trinajstić information content (AvgIpc) is 2.68. The number of fused-ring (bicyclic) bond motifs is 1. The molecule has 0 saturated heterocycles. The third-order valence-electron chi connectivity index (χ3n) is 4.49. The summed E-state index contributed by atoms with van der Waals surface area (Å²) in [5.74, 6) is -0.703. The third-order valence-corrected chi connectivity index (χ3v) is 4.49. The van der Waals surface area contributed by atoms with Gasteiger partial charge in [0.25, 0.3) is 5.91 Å². The summed E-state index contributed by atoms with van der Waals surface area (Å²) < 4.78 is 4.85.